The highest BCUT2D eigenvalue weighted by molar-refractivity contribution is 5.96. The van der Waals surface area contributed by atoms with Crippen LogP contribution in [0.25, 0.3) is 0 Å². The predicted octanol–water partition coefficient (Wildman–Crippen LogP) is -0.457. The smallest absolute Gasteiger partial charge is 0.241 e. The van der Waals surface area contributed by atoms with Crippen molar-refractivity contribution >= 4 is 11.7 Å². The van der Waals surface area contributed by atoms with E-state index in [-0.39, 0.29) is 24.8 Å². The molecule has 1 aromatic rings. The summed E-state index contributed by atoms with van der Waals surface area (Å²) in [6, 6.07) is 0. The van der Waals surface area contributed by atoms with Crippen LogP contribution in [-0.4, -0.2) is 51.8 Å². The molecule has 1 aliphatic heterocycles. The summed E-state index contributed by atoms with van der Waals surface area (Å²) in [5.41, 5.74) is 1.03. The topological polar surface area (TPSA) is 96.2 Å². The van der Waals surface area contributed by atoms with Gasteiger partial charge in [0.1, 0.15) is 6.54 Å². The number of aryl methyl sites for hydroxylation is 1. The lowest BCUT2D eigenvalue weighted by Crippen LogP contribution is -2.45. The maximum atomic E-state index is 12.0. The van der Waals surface area contributed by atoms with Crippen LogP contribution >= 0.6 is 0 Å². The third kappa shape index (κ3) is 3.48. The molecule has 1 unspecified atom stereocenters. The van der Waals surface area contributed by atoms with Crippen molar-refractivity contribution in [2.45, 2.75) is 39.3 Å². The largest absolute Gasteiger partial charge is 0.387 e. The number of Topliss-reactive ketones (excluding diaryl/α,β-unsaturated/α-hetero) is 1. The third-order valence-electron chi connectivity index (χ3n) is 3.86. The number of rotatable bonds is 5. The van der Waals surface area contributed by atoms with Gasteiger partial charge in [-0.25, -0.2) is 0 Å². The second-order valence-corrected chi connectivity index (χ2v) is 5.69. The van der Waals surface area contributed by atoms with Gasteiger partial charge < -0.3 is 15.7 Å². The Hall–Kier alpha value is -1.73. The monoisotopic (exact) mass is 294 g/mol. The molecule has 1 fully saturated rings. The summed E-state index contributed by atoms with van der Waals surface area (Å²) in [4.78, 5) is 23.5. The minimum Gasteiger partial charge on any atom is -0.387 e. The lowest BCUT2D eigenvalue weighted by molar-refractivity contribution is -0.123. The number of ketones is 1. The molecule has 1 aliphatic rings. The highest BCUT2D eigenvalue weighted by Crippen LogP contribution is 2.14. The molecule has 1 atom stereocenters. The summed E-state index contributed by atoms with van der Waals surface area (Å²) in [6.07, 6.45) is 0.627. The van der Waals surface area contributed by atoms with Crippen molar-refractivity contribution in [2.24, 2.45) is 0 Å². The lowest BCUT2D eigenvalue weighted by atomic mass is 10.0. The van der Waals surface area contributed by atoms with Gasteiger partial charge in [0.25, 0.3) is 0 Å². The SMILES string of the molecule is CC(=O)c1c(C)nn(CC(=O)NCC2(O)CCNC2)c1C. The minimum atomic E-state index is -0.866. The summed E-state index contributed by atoms with van der Waals surface area (Å²) in [6.45, 7) is 6.53. The van der Waals surface area contributed by atoms with E-state index in [2.05, 4.69) is 15.7 Å². The molecule has 0 radical (unpaired) electrons. The van der Waals surface area contributed by atoms with E-state index in [1.807, 2.05) is 0 Å². The molecule has 0 saturated carbocycles. The Morgan fingerprint density at radius 3 is 2.71 bits per heavy atom. The molecule has 1 aromatic heterocycles. The van der Waals surface area contributed by atoms with Crippen LogP contribution in [0.1, 0.15) is 35.1 Å². The molecule has 21 heavy (non-hydrogen) atoms. The van der Waals surface area contributed by atoms with E-state index in [4.69, 9.17) is 0 Å². The number of amides is 1. The summed E-state index contributed by atoms with van der Waals surface area (Å²) in [7, 11) is 0. The van der Waals surface area contributed by atoms with Crippen LogP contribution in [-0.2, 0) is 11.3 Å². The number of nitrogens with zero attached hydrogens (tertiary/aromatic N) is 2. The van der Waals surface area contributed by atoms with E-state index in [9.17, 15) is 14.7 Å². The molecule has 2 heterocycles. The zero-order valence-electron chi connectivity index (χ0n) is 12.7. The molecule has 0 aliphatic carbocycles. The molecule has 0 aromatic carbocycles. The maximum absolute atomic E-state index is 12.0. The number of carbonyl (C=O) groups excluding carboxylic acids is 2. The zero-order chi connectivity index (χ0) is 15.6. The highest BCUT2D eigenvalue weighted by Gasteiger charge is 2.31. The van der Waals surface area contributed by atoms with Crippen molar-refractivity contribution in [2.75, 3.05) is 19.6 Å². The first-order valence-electron chi connectivity index (χ1n) is 7.07. The number of hydrogen-bond donors (Lipinski definition) is 3. The fourth-order valence-corrected chi connectivity index (χ4v) is 2.70. The predicted molar refractivity (Wildman–Crippen MR) is 77.2 cm³/mol. The molecule has 1 saturated heterocycles. The Morgan fingerprint density at radius 2 is 2.19 bits per heavy atom. The summed E-state index contributed by atoms with van der Waals surface area (Å²) in [5, 5.41) is 20.2. The summed E-state index contributed by atoms with van der Waals surface area (Å²) >= 11 is 0. The molecule has 3 N–H and O–H groups in total. The van der Waals surface area contributed by atoms with Crippen molar-refractivity contribution < 1.29 is 14.7 Å². The first kappa shape index (κ1) is 15.7. The van der Waals surface area contributed by atoms with Crippen LogP contribution in [0.5, 0.6) is 0 Å². The van der Waals surface area contributed by atoms with E-state index in [0.29, 0.717) is 29.9 Å². The van der Waals surface area contributed by atoms with Gasteiger partial charge in [-0.1, -0.05) is 0 Å². The van der Waals surface area contributed by atoms with Gasteiger partial charge >= 0.3 is 0 Å². The first-order chi connectivity index (χ1) is 9.82. The number of aliphatic hydroxyl groups is 1. The fraction of sp³-hybridized carbons (Fsp3) is 0.643. The van der Waals surface area contributed by atoms with Crippen molar-refractivity contribution in [3.8, 4) is 0 Å². The molecule has 116 valence electrons. The van der Waals surface area contributed by atoms with E-state index in [1.165, 1.54) is 11.6 Å². The molecule has 7 heteroatoms. The molecule has 1 amide bonds. The van der Waals surface area contributed by atoms with Crippen LogP contribution < -0.4 is 10.6 Å². The summed E-state index contributed by atoms with van der Waals surface area (Å²) < 4.78 is 1.53. The first-order valence-corrected chi connectivity index (χ1v) is 7.07. The lowest BCUT2D eigenvalue weighted by Gasteiger charge is -2.21. The standard InChI is InChI=1S/C14H22N4O3/c1-9-13(11(3)19)10(2)18(17-9)6-12(20)16-8-14(21)4-5-15-7-14/h15,21H,4-8H2,1-3H3,(H,16,20). The minimum absolute atomic E-state index is 0.0451. The van der Waals surface area contributed by atoms with Gasteiger partial charge in [-0.2, -0.15) is 5.10 Å². The van der Waals surface area contributed by atoms with Gasteiger partial charge in [0, 0.05) is 18.8 Å². The number of aromatic nitrogens is 2. The van der Waals surface area contributed by atoms with Gasteiger partial charge in [0.05, 0.1) is 16.9 Å². The number of carbonyl (C=O) groups is 2. The Kier molecular flexibility index (Phi) is 4.43. The second-order valence-electron chi connectivity index (χ2n) is 5.69. The molecule has 0 bridgehead atoms. The molecule has 2 rings (SSSR count). The van der Waals surface area contributed by atoms with Gasteiger partial charge in [-0.05, 0) is 33.7 Å². The maximum Gasteiger partial charge on any atom is 0.241 e. The van der Waals surface area contributed by atoms with Gasteiger partial charge in [0.15, 0.2) is 5.78 Å². The second kappa shape index (κ2) is 5.95. The third-order valence-corrected chi connectivity index (χ3v) is 3.86. The van der Waals surface area contributed by atoms with Gasteiger partial charge in [0.2, 0.25) is 5.91 Å². The van der Waals surface area contributed by atoms with E-state index < -0.39 is 5.60 Å². The van der Waals surface area contributed by atoms with Crippen molar-refractivity contribution in [1.82, 2.24) is 20.4 Å². The quantitative estimate of drug-likeness (QED) is 0.639. The molecular weight excluding hydrogens is 272 g/mol. The van der Waals surface area contributed by atoms with Crippen molar-refractivity contribution in [1.29, 1.82) is 0 Å². The number of hydrogen-bond acceptors (Lipinski definition) is 5. The molecule has 7 nitrogen and oxygen atoms in total. The molecular formula is C14H22N4O3. The Morgan fingerprint density at radius 1 is 1.48 bits per heavy atom. The van der Waals surface area contributed by atoms with E-state index >= 15 is 0 Å². The van der Waals surface area contributed by atoms with Crippen LogP contribution in [0.2, 0.25) is 0 Å². The Labute approximate surface area is 123 Å². The van der Waals surface area contributed by atoms with Gasteiger partial charge in [-0.3, -0.25) is 14.3 Å². The average Bonchev–Trinajstić information content (AvgIpc) is 2.93. The average molecular weight is 294 g/mol. The van der Waals surface area contributed by atoms with Crippen LogP contribution in [0.15, 0.2) is 0 Å². The number of β-amino-alcohol motifs (C(OH)–C–C–N with tert-alkyl or cyclic N) is 1. The van der Waals surface area contributed by atoms with Crippen molar-refractivity contribution in [3.05, 3.63) is 17.0 Å². The van der Waals surface area contributed by atoms with E-state index in [1.54, 1.807) is 13.8 Å². The molecule has 0 spiro atoms. The fourth-order valence-electron chi connectivity index (χ4n) is 2.70. The highest BCUT2D eigenvalue weighted by atomic mass is 16.3. The van der Waals surface area contributed by atoms with Gasteiger partial charge in [-0.15, -0.1) is 0 Å². The normalized spacial score (nSPS) is 21.5. The summed E-state index contributed by atoms with van der Waals surface area (Å²) in [5.74, 6) is -0.279. The Balaban J connectivity index is 1.97. The number of nitrogens with one attached hydrogen (secondary N) is 2. The van der Waals surface area contributed by atoms with Crippen LogP contribution in [0, 0.1) is 13.8 Å². The van der Waals surface area contributed by atoms with Crippen LogP contribution in [0.3, 0.4) is 0 Å². The van der Waals surface area contributed by atoms with E-state index in [0.717, 1.165) is 6.54 Å². The van der Waals surface area contributed by atoms with Crippen molar-refractivity contribution in [3.63, 3.8) is 0 Å². The van der Waals surface area contributed by atoms with Crippen LogP contribution in [0.4, 0.5) is 0 Å². The zero-order valence-corrected chi connectivity index (χ0v) is 12.7. The Bertz CT molecular complexity index is 559.